The molecule has 4 heteroatoms. The van der Waals surface area contributed by atoms with Gasteiger partial charge >= 0.3 is 5.97 Å². The van der Waals surface area contributed by atoms with Crippen LogP contribution < -0.4 is 4.74 Å². The molecule has 1 atom stereocenters. The highest BCUT2D eigenvalue weighted by Crippen LogP contribution is 2.56. The molecule has 0 heterocycles. The van der Waals surface area contributed by atoms with Gasteiger partial charge in [0.2, 0.25) is 0 Å². The Hall–Kier alpha value is -2.75. The zero-order valence-electron chi connectivity index (χ0n) is 20.7. The van der Waals surface area contributed by atoms with E-state index >= 15 is 0 Å². The van der Waals surface area contributed by atoms with Gasteiger partial charge in [0.25, 0.3) is 0 Å². The SMILES string of the molecule is CCOC(=O)CCCOc1ccc(C=C2CC(C)(C)CC(C)(C)C2c2ccc(O)cc2)cc1. The first-order valence-corrected chi connectivity index (χ1v) is 12.0. The molecule has 0 saturated heterocycles. The minimum Gasteiger partial charge on any atom is -0.508 e. The van der Waals surface area contributed by atoms with Gasteiger partial charge < -0.3 is 14.6 Å². The quantitative estimate of drug-likeness (QED) is 0.343. The van der Waals surface area contributed by atoms with Crippen LogP contribution in [0, 0.1) is 10.8 Å². The highest BCUT2D eigenvalue weighted by molar-refractivity contribution is 5.69. The van der Waals surface area contributed by atoms with Crippen molar-refractivity contribution in [2.24, 2.45) is 10.8 Å². The number of ether oxygens (including phenoxy) is 2. The molecule has 0 radical (unpaired) electrons. The maximum absolute atomic E-state index is 11.4. The summed E-state index contributed by atoms with van der Waals surface area (Å²) in [7, 11) is 0. The molecule has 1 aliphatic rings. The maximum Gasteiger partial charge on any atom is 0.305 e. The van der Waals surface area contributed by atoms with Gasteiger partial charge in [0.1, 0.15) is 11.5 Å². The van der Waals surface area contributed by atoms with Crippen LogP contribution in [0.4, 0.5) is 0 Å². The average Bonchev–Trinajstić information content (AvgIpc) is 2.72. The fourth-order valence-corrected chi connectivity index (χ4v) is 5.53. The van der Waals surface area contributed by atoms with Crippen molar-refractivity contribution in [3.8, 4) is 11.5 Å². The number of rotatable bonds is 8. The summed E-state index contributed by atoms with van der Waals surface area (Å²) >= 11 is 0. The molecule has 3 rings (SSSR count). The molecule has 0 spiro atoms. The molecule has 4 nitrogen and oxygen atoms in total. The molecule has 1 fully saturated rings. The van der Waals surface area contributed by atoms with Crippen molar-refractivity contribution in [3.05, 3.63) is 65.2 Å². The Kier molecular flexibility index (Phi) is 7.88. The van der Waals surface area contributed by atoms with E-state index in [1.165, 1.54) is 11.1 Å². The number of allylic oxidation sites excluding steroid dienone is 1. The predicted molar refractivity (Wildman–Crippen MR) is 133 cm³/mol. The fraction of sp³-hybridized carbons (Fsp3) is 0.483. The number of aromatic hydroxyl groups is 1. The summed E-state index contributed by atoms with van der Waals surface area (Å²) in [5.74, 6) is 1.23. The lowest BCUT2D eigenvalue weighted by molar-refractivity contribution is -0.143. The van der Waals surface area contributed by atoms with Crippen molar-refractivity contribution < 1.29 is 19.4 Å². The highest BCUT2D eigenvalue weighted by atomic mass is 16.5. The van der Waals surface area contributed by atoms with Crippen molar-refractivity contribution in [3.63, 3.8) is 0 Å². The van der Waals surface area contributed by atoms with Gasteiger partial charge in [-0.3, -0.25) is 4.79 Å². The number of carbonyl (C=O) groups excluding carboxylic acids is 1. The van der Waals surface area contributed by atoms with Crippen molar-refractivity contribution in [1.82, 2.24) is 0 Å². The minimum absolute atomic E-state index is 0.104. The van der Waals surface area contributed by atoms with E-state index in [0.717, 1.165) is 24.2 Å². The summed E-state index contributed by atoms with van der Waals surface area (Å²) in [5.41, 5.74) is 4.16. The Labute approximate surface area is 198 Å². The maximum atomic E-state index is 11.4. The van der Waals surface area contributed by atoms with Crippen LogP contribution in [0.1, 0.15) is 77.3 Å². The van der Waals surface area contributed by atoms with E-state index in [9.17, 15) is 9.90 Å². The van der Waals surface area contributed by atoms with Crippen LogP contribution in [0.25, 0.3) is 6.08 Å². The summed E-state index contributed by atoms with van der Waals surface area (Å²) in [6, 6.07) is 15.9. The third-order valence-electron chi connectivity index (χ3n) is 6.33. The summed E-state index contributed by atoms with van der Waals surface area (Å²) in [6.45, 7) is 12.1. The molecule has 1 unspecified atom stereocenters. The van der Waals surface area contributed by atoms with Crippen molar-refractivity contribution in [1.29, 1.82) is 0 Å². The summed E-state index contributed by atoms with van der Waals surface area (Å²) in [5, 5.41) is 9.77. The van der Waals surface area contributed by atoms with Crippen LogP contribution in [0.3, 0.4) is 0 Å². The van der Waals surface area contributed by atoms with Crippen molar-refractivity contribution >= 4 is 12.0 Å². The molecule has 2 aromatic carbocycles. The van der Waals surface area contributed by atoms with E-state index in [1.807, 2.05) is 19.1 Å². The van der Waals surface area contributed by atoms with Crippen LogP contribution in [0.5, 0.6) is 11.5 Å². The van der Waals surface area contributed by atoms with Crippen molar-refractivity contribution in [2.75, 3.05) is 13.2 Å². The van der Waals surface area contributed by atoms with Gasteiger partial charge in [-0.15, -0.1) is 0 Å². The lowest BCUT2D eigenvalue weighted by Gasteiger charge is -2.48. The Balaban J connectivity index is 1.75. The standard InChI is InChI=1S/C29H38O4/c1-6-32-26(31)8-7-17-33-25-15-9-21(10-16-25)18-23-19-28(2,3)20-29(4,5)27(23)22-11-13-24(30)14-12-22/h9-16,18,27,30H,6-8,17,19-20H2,1-5H3. The number of carbonyl (C=O) groups is 1. The van der Waals surface area contributed by atoms with E-state index in [4.69, 9.17) is 9.47 Å². The van der Waals surface area contributed by atoms with E-state index in [1.54, 1.807) is 12.1 Å². The number of hydrogen-bond acceptors (Lipinski definition) is 4. The van der Waals surface area contributed by atoms with Gasteiger partial charge in [0.05, 0.1) is 13.2 Å². The van der Waals surface area contributed by atoms with Gasteiger partial charge in [-0.1, -0.05) is 63.6 Å². The molecule has 178 valence electrons. The van der Waals surface area contributed by atoms with Gasteiger partial charge in [-0.25, -0.2) is 0 Å². The largest absolute Gasteiger partial charge is 0.508 e. The molecule has 0 bridgehead atoms. The van der Waals surface area contributed by atoms with Gasteiger partial charge in [-0.05, 0) is 72.4 Å². The number of hydrogen-bond donors (Lipinski definition) is 1. The Morgan fingerprint density at radius 2 is 1.73 bits per heavy atom. The first kappa shape index (κ1) is 24.9. The van der Waals surface area contributed by atoms with E-state index in [-0.39, 0.29) is 16.8 Å². The third kappa shape index (κ3) is 6.86. The normalized spacial score (nSPS) is 20.4. The zero-order valence-corrected chi connectivity index (χ0v) is 20.7. The summed E-state index contributed by atoms with van der Waals surface area (Å²) in [4.78, 5) is 11.4. The Morgan fingerprint density at radius 3 is 2.36 bits per heavy atom. The smallest absolute Gasteiger partial charge is 0.305 e. The molecule has 33 heavy (non-hydrogen) atoms. The summed E-state index contributed by atoms with van der Waals surface area (Å²) in [6.07, 6.45) is 5.52. The number of esters is 1. The zero-order chi connectivity index (χ0) is 24.1. The predicted octanol–water partition coefficient (Wildman–Crippen LogP) is 7.13. The van der Waals surface area contributed by atoms with Gasteiger partial charge in [0.15, 0.2) is 0 Å². The number of phenols is 1. The minimum atomic E-state index is -0.176. The summed E-state index contributed by atoms with van der Waals surface area (Å²) < 4.78 is 10.7. The highest BCUT2D eigenvalue weighted by Gasteiger charge is 2.43. The molecule has 1 N–H and O–H groups in total. The molecular weight excluding hydrogens is 412 g/mol. The van der Waals surface area contributed by atoms with E-state index < -0.39 is 0 Å². The molecule has 0 amide bonds. The lowest BCUT2D eigenvalue weighted by atomic mass is 9.56. The van der Waals surface area contributed by atoms with E-state index in [0.29, 0.717) is 37.7 Å². The molecule has 1 aliphatic carbocycles. The Morgan fingerprint density at radius 1 is 1.06 bits per heavy atom. The number of phenolic OH excluding ortho intramolecular Hbond substituents is 1. The lowest BCUT2D eigenvalue weighted by Crippen LogP contribution is -2.36. The second-order valence-electron chi connectivity index (χ2n) is 10.6. The molecule has 0 aromatic heterocycles. The first-order valence-electron chi connectivity index (χ1n) is 12.0. The van der Waals surface area contributed by atoms with Crippen LogP contribution in [-0.4, -0.2) is 24.3 Å². The average molecular weight is 451 g/mol. The van der Waals surface area contributed by atoms with Crippen LogP contribution in [0.15, 0.2) is 54.1 Å². The molecule has 0 aliphatic heterocycles. The molecule has 2 aromatic rings. The van der Waals surface area contributed by atoms with Crippen LogP contribution in [0.2, 0.25) is 0 Å². The molecule has 1 saturated carbocycles. The second-order valence-corrected chi connectivity index (χ2v) is 10.6. The van der Waals surface area contributed by atoms with Crippen LogP contribution in [-0.2, 0) is 9.53 Å². The van der Waals surface area contributed by atoms with Crippen LogP contribution >= 0.6 is 0 Å². The topological polar surface area (TPSA) is 55.8 Å². The van der Waals surface area contributed by atoms with Gasteiger partial charge in [-0.2, -0.15) is 0 Å². The molecular formula is C29H38O4. The van der Waals surface area contributed by atoms with Gasteiger partial charge in [0, 0.05) is 12.3 Å². The monoisotopic (exact) mass is 450 g/mol. The van der Waals surface area contributed by atoms with E-state index in [2.05, 4.69) is 58.0 Å². The third-order valence-corrected chi connectivity index (χ3v) is 6.33. The second kappa shape index (κ2) is 10.5. The fourth-order valence-electron chi connectivity index (χ4n) is 5.53. The Bertz CT molecular complexity index is 952. The first-order chi connectivity index (χ1) is 15.6. The van der Waals surface area contributed by atoms with Crippen molar-refractivity contribution in [2.45, 2.75) is 66.2 Å². The number of benzene rings is 2.